The molecular weight excluding hydrogens is 462 g/mol. The van der Waals surface area contributed by atoms with Gasteiger partial charge in [0.05, 0.1) is 16.9 Å². The molecule has 0 bridgehead atoms. The minimum absolute atomic E-state index is 0.319. The van der Waals surface area contributed by atoms with Crippen molar-refractivity contribution in [3.8, 4) is 28.6 Å². The van der Waals surface area contributed by atoms with Crippen molar-refractivity contribution in [1.29, 1.82) is 0 Å². The molecule has 0 unspecified atom stereocenters. The van der Waals surface area contributed by atoms with E-state index in [9.17, 15) is 0 Å². The number of aromatic nitrogens is 5. The molecule has 6 rings (SSSR count). The normalized spacial score (nSPS) is 15.6. The number of benzene rings is 2. The zero-order valence-electron chi connectivity index (χ0n) is 21.0. The summed E-state index contributed by atoms with van der Waals surface area (Å²) < 4.78 is 8.52. The minimum Gasteiger partial charge on any atom is -0.437 e. The van der Waals surface area contributed by atoms with Crippen molar-refractivity contribution in [3.05, 3.63) is 84.4 Å². The smallest absolute Gasteiger partial charge is 0.228 e. The van der Waals surface area contributed by atoms with Crippen molar-refractivity contribution in [2.45, 2.75) is 32.7 Å². The van der Waals surface area contributed by atoms with Crippen LogP contribution in [0.5, 0.6) is 11.6 Å². The molecule has 8 heteroatoms. The molecule has 2 aromatic carbocycles. The van der Waals surface area contributed by atoms with Gasteiger partial charge in [0.1, 0.15) is 5.75 Å². The molecule has 0 saturated carbocycles. The number of nitrogens with zero attached hydrogens (tertiary/aromatic N) is 5. The number of pyridine rings is 1. The Morgan fingerprint density at radius 3 is 2.73 bits per heavy atom. The Morgan fingerprint density at radius 2 is 1.89 bits per heavy atom. The van der Waals surface area contributed by atoms with Crippen LogP contribution in [0, 0.1) is 13.8 Å². The average Bonchev–Trinajstić information content (AvgIpc) is 3.36. The first-order valence-electron chi connectivity index (χ1n) is 12.6. The van der Waals surface area contributed by atoms with E-state index in [0.29, 0.717) is 17.9 Å². The standard InChI is InChI=1S/C29H29N7O/c1-19-10-11-22-23(7-3-9-26(22)36-20(2)12-17-33-36)27(19)37-28-24(8-5-15-31-28)25-13-16-32-29(35-25)34-21-6-4-14-30-18-21/h3,5,7-13,15-17,21,30H,4,6,14,18H2,1-2H3,(H,32,34,35)/t21-/m0/s1. The molecule has 0 radical (unpaired) electrons. The highest BCUT2D eigenvalue weighted by atomic mass is 16.5. The van der Waals surface area contributed by atoms with Crippen LogP contribution in [0.1, 0.15) is 24.1 Å². The zero-order chi connectivity index (χ0) is 25.2. The Morgan fingerprint density at radius 1 is 0.946 bits per heavy atom. The molecule has 0 spiro atoms. The van der Waals surface area contributed by atoms with Crippen LogP contribution in [0.4, 0.5) is 5.95 Å². The number of anilines is 1. The first-order chi connectivity index (χ1) is 18.2. The number of piperidine rings is 1. The molecule has 5 aromatic rings. The maximum Gasteiger partial charge on any atom is 0.228 e. The van der Waals surface area contributed by atoms with Crippen molar-refractivity contribution in [2.24, 2.45) is 0 Å². The van der Waals surface area contributed by atoms with Crippen LogP contribution in [-0.4, -0.2) is 43.9 Å². The molecule has 1 aliphatic heterocycles. The molecule has 8 nitrogen and oxygen atoms in total. The summed E-state index contributed by atoms with van der Waals surface area (Å²) in [5, 5.41) is 13.5. The second-order valence-electron chi connectivity index (χ2n) is 9.38. The zero-order valence-corrected chi connectivity index (χ0v) is 21.0. The van der Waals surface area contributed by atoms with E-state index >= 15 is 0 Å². The summed E-state index contributed by atoms with van der Waals surface area (Å²) in [4.78, 5) is 13.8. The number of hydrogen-bond acceptors (Lipinski definition) is 7. The molecular formula is C29H29N7O. The van der Waals surface area contributed by atoms with Gasteiger partial charge in [-0.15, -0.1) is 0 Å². The first-order valence-corrected chi connectivity index (χ1v) is 12.6. The Hall–Kier alpha value is -4.30. The molecule has 1 aliphatic rings. The Bertz CT molecular complexity index is 1560. The lowest BCUT2D eigenvalue weighted by molar-refractivity contribution is 0.466. The third kappa shape index (κ3) is 4.63. The molecule has 3 aromatic heterocycles. The molecule has 4 heterocycles. The van der Waals surface area contributed by atoms with Crippen LogP contribution in [0.25, 0.3) is 27.7 Å². The molecule has 186 valence electrons. The summed E-state index contributed by atoms with van der Waals surface area (Å²) in [6.07, 6.45) is 7.58. The van der Waals surface area contributed by atoms with Crippen LogP contribution in [0.3, 0.4) is 0 Å². The van der Waals surface area contributed by atoms with E-state index in [1.807, 2.05) is 55.1 Å². The van der Waals surface area contributed by atoms with Crippen molar-refractivity contribution in [1.82, 2.24) is 30.0 Å². The van der Waals surface area contributed by atoms with Gasteiger partial charge in [-0.05, 0) is 69.1 Å². The van der Waals surface area contributed by atoms with E-state index in [-0.39, 0.29) is 0 Å². The van der Waals surface area contributed by atoms with Gasteiger partial charge in [-0.3, -0.25) is 0 Å². The monoisotopic (exact) mass is 491 g/mol. The largest absolute Gasteiger partial charge is 0.437 e. The fourth-order valence-electron chi connectivity index (χ4n) is 4.86. The van der Waals surface area contributed by atoms with Crippen molar-refractivity contribution >= 4 is 16.7 Å². The van der Waals surface area contributed by atoms with Crippen LogP contribution in [0.2, 0.25) is 0 Å². The van der Waals surface area contributed by atoms with E-state index < -0.39 is 0 Å². The lowest BCUT2D eigenvalue weighted by Crippen LogP contribution is -2.38. The minimum atomic E-state index is 0.319. The van der Waals surface area contributed by atoms with E-state index in [0.717, 1.165) is 70.7 Å². The van der Waals surface area contributed by atoms with E-state index in [1.54, 1.807) is 12.4 Å². The lowest BCUT2D eigenvalue weighted by Gasteiger charge is -2.23. The third-order valence-electron chi connectivity index (χ3n) is 6.78. The van der Waals surface area contributed by atoms with Gasteiger partial charge in [-0.25, -0.2) is 19.6 Å². The topological polar surface area (TPSA) is 89.8 Å². The highest BCUT2D eigenvalue weighted by Crippen LogP contribution is 2.38. The second kappa shape index (κ2) is 9.99. The fourth-order valence-corrected chi connectivity index (χ4v) is 4.86. The predicted octanol–water partition coefficient (Wildman–Crippen LogP) is 5.45. The van der Waals surface area contributed by atoms with E-state index in [1.165, 1.54) is 0 Å². The van der Waals surface area contributed by atoms with E-state index in [2.05, 4.69) is 50.0 Å². The maximum atomic E-state index is 6.57. The van der Waals surface area contributed by atoms with Gasteiger partial charge in [0, 0.05) is 47.6 Å². The lowest BCUT2D eigenvalue weighted by atomic mass is 10.0. The molecule has 37 heavy (non-hydrogen) atoms. The third-order valence-corrected chi connectivity index (χ3v) is 6.78. The summed E-state index contributed by atoms with van der Waals surface area (Å²) in [5.74, 6) is 1.88. The average molecular weight is 492 g/mol. The van der Waals surface area contributed by atoms with Crippen molar-refractivity contribution in [3.63, 3.8) is 0 Å². The molecule has 1 fully saturated rings. The molecule has 1 saturated heterocycles. The molecule has 0 aliphatic carbocycles. The fraction of sp³-hybridized carbons (Fsp3) is 0.241. The summed E-state index contributed by atoms with van der Waals surface area (Å²) in [5.41, 5.74) is 4.67. The van der Waals surface area contributed by atoms with Crippen molar-refractivity contribution < 1.29 is 4.74 Å². The summed E-state index contributed by atoms with van der Waals surface area (Å²) >= 11 is 0. The number of aryl methyl sites for hydroxylation is 2. The Labute approximate surface area is 215 Å². The summed E-state index contributed by atoms with van der Waals surface area (Å²) in [6, 6.07) is 18.5. The van der Waals surface area contributed by atoms with Crippen LogP contribution >= 0.6 is 0 Å². The SMILES string of the molecule is Cc1ccc2c(-n3nccc3C)cccc2c1Oc1ncccc1-c1ccnc(N[C@H]2CCCNC2)n1. The maximum absolute atomic E-state index is 6.57. The van der Waals surface area contributed by atoms with Crippen LogP contribution < -0.4 is 15.4 Å². The number of nitrogens with one attached hydrogen (secondary N) is 2. The number of hydrogen-bond donors (Lipinski definition) is 2. The Kier molecular flexibility index (Phi) is 6.24. The van der Waals surface area contributed by atoms with Gasteiger partial charge in [0.15, 0.2) is 0 Å². The van der Waals surface area contributed by atoms with E-state index in [4.69, 9.17) is 9.72 Å². The number of rotatable bonds is 6. The van der Waals surface area contributed by atoms with Gasteiger partial charge in [-0.2, -0.15) is 5.10 Å². The van der Waals surface area contributed by atoms with Gasteiger partial charge in [0.2, 0.25) is 11.8 Å². The van der Waals surface area contributed by atoms with Gasteiger partial charge in [0.25, 0.3) is 0 Å². The van der Waals surface area contributed by atoms with Gasteiger partial charge in [-0.1, -0.05) is 24.3 Å². The number of ether oxygens (including phenoxy) is 1. The molecule has 1 atom stereocenters. The molecule has 0 amide bonds. The predicted molar refractivity (Wildman–Crippen MR) is 145 cm³/mol. The summed E-state index contributed by atoms with van der Waals surface area (Å²) in [7, 11) is 0. The Balaban J connectivity index is 1.37. The quantitative estimate of drug-likeness (QED) is 0.326. The highest BCUT2D eigenvalue weighted by Gasteiger charge is 2.18. The second-order valence-corrected chi connectivity index (χ2v) is 9.38. The number of fused-ring (bicyclic) bond motifs is 1. The van der Waals surface area contributed by atoms with Crippen LogP contribution in [0.15, 0.2) is 73.2 Å². The van der Waals surface area contributed by atoms with Gasteiger partial charge < -0.3 is 15.4 Å². The van der Waals surface area contributed by atoms with Gasteiger partial charge >= 0.3 is 0 Å². The first kappa shape index (κ1) is 23.1. The van der Waals surface area contributed by atoms with Crippen molar-refractivity contribution in [2.75, 3.05) is 18.4 Å². The molecule has 2 N–H and O–H groups in total. The summed E-state index contributed by atoms with van der Waals surface area (Å²) in [6.45, 7) is 6.07. The highest BCUT2D eigenvalue weighted by molar-refractivity contribution is 5.95. The van der Waals surface area contributed by atoms with Crippen LogP contribution in [-0.2, 0) is 0 Å².